The van der Waals surface area contributed by atoms with Crippen molar-refractivity contribution in [2.24, 2.45) is 0 Å². The molecular weight excluding hydrogens is 544 g/mol. The molecule has 6 aromatic rings. The van der Waals surface area contributed by atoms with Gasteiger partial charge in [0.25, 0.3) is 20.2 Å². The lowest BCUT2D eigenvalue weighted by molar-refractivity contribution is 0.434. The maximum absolute atomic E-state index is 12.3. The number of ether oxygens (including phenoxy) is 1. The van der Waals surface area contributed by atoms with E-state index in [0.29, 0.717) is 33.8 Å². The topological polar surface area (TPSA) is 175 Å². The number of nitrogens with zero attached hydrogens (tertiary/aromatic N) is 2. The van der Waals surface area contributed by atoms with Gasteiger partial charge in [-0.15, -0.1) is 0 Å². The van der Waals surface area contributed by atoms with E-state index in [1.54, 1.807) is 36.4 Å². The molecule has 0 saturated carbocycles. The van der Waals surface area contributed by atoms with Crippen molar-refractivity contribution in [1.29, 1.82) is 0 Å². The summed E-state index contributed by atoms with van der Waals surface area (Å²) in [6.07, 6.45) is 0. The van der Waals surface area contributed by atoms with Crippen molar-refractivity contribution in [3.63, 3.8) is 0 Å². The van der Waals surface area contributed by atoms with E-state index in [-0.39, 0.29) is 11.5 Å². The van der Waals surface area contributed by atoms with Gasteiger partial charge in [-0.05, 0) is 60.7 Å². The lowest BCUT2D eigenvalue weighted by Crippen LogP contribution is -2.05. The summed E-state index contributed by atoms with van der Waals surface area (Å²) in [6, 6.07) is 22.2. The number of fused-ring (bicyclic) bond motifs is 2. The molecule has 0 fully saturated rings. The Morgan fingerprint density at radius 3 is 1.38 bits per heavy atom. The van der Waals surface area contributed by atoms with Crippen LogP contribution in [-0.4, -0.2) is 45.9 Å². The molecule has 196 valence electrons. The van der Waals surface area contributed by atoms with Crippen molar-refractivity contribution in [2.45, 2.75) is 9.79 Å². The first-order valence-corrected chi connectivity index (χ1v) is 14.3. The first kappa shape index (κ1) is 24.8. The molecule has 0 aliphatic carbocycles. The Balaban J connectivity index is 1.42. The maximum Gasteiger partial charge on any atom is 0.298 e. The van der Waals surface area contributed by atoms with E-state index in [1.165, 1.54) is 24.3 Å². The second-order valence-electron chi connectivity index (χ2n) is 8.58. The Bertz CT molecular complexity index is 1900. The molecule has 11 nitrogen and oxygen atoms in total. The van der Waals surface area contributed by atoms with Crippen molar-refractivity contribution >= 4 is 42.3 Å². The fourth-order valence-electron chi connectivity index (χ4n) is 4.18. The predicted molar refractivity (Wildman–Crippen MR) is 143 cm³/mol. The Hall–Kier alpha value is -4.56. The summed E-state index contributed by atoms with van der Waals surface area (Å²) in [7, 11) is -9.64. The van der Waals surface area contributed by atoms with E-state index in [1.807, 2.05) is 12.1 Å². The van der Waals surface area contributed by atoms with Crippen LogP contribution in [0.2, 0.25) is 0 Å². The van der Waals surface area contributed by atoms with Gasteiger partial charge in [-0.2, -0.15) is 16.8 Å². The Kier molecular flexibility index (Phi) is 5.73. The van der Waals surface area contributed by atoms with Crippen LogP contribution in [0.4, 0.5) is 0 Å². The number of para-hydroxylation sites is 4. The van der Waals surface area contributed by atoms with Gasteiger partial charge in [0.2, 0.25) is 0 Å². The molecule has 13 heteroatoms. The van der Waals surface area contributed by atoms with Crippen LogP contribution in [0.3, 0.4) is 0 Å². The van der Waals surface area contributed by atoms with Crippen LogP contribution in [-0.2, 0) is 20.2 Å². The summed E-state index contributed by atoms with van der Waals surface area (Å²) < 4.78 is 74.6. The van der Waals surface area contributed by atoms with Crippen LogP contribution in [0.5, 0.6) is 11.5 Å². The number of aromatic nitrogens is 4. The monoisotopic (exact) mass is 562 g/mol. The van der Waals surface area contributed by atoms with E-state index in [9.17, 15) is 25.9 Å². The third-order valence-electron chi connectivity index (χ3n) is 5.99. The summed E-state index contributed by atoms with van der Waals surface area (Å²) in [5.41, 5.74) is 3.43. The molecule has 39 heavy (non-hydrogen) atoms. The van der Waals surface area contributed by atoms with Crippen LogP contribution >= 0.6 is 0 Å². The highest BCUT2D eigenvalue weighted by Crippen LogP contribution is 2.37. The number of imidazole rings is 2. The highest BCUT2D eigenvalue weighted by atomic mass is 32.2. The molecule has 0 unspecified atom stereocenters. The van der Waals surface area contributed by atoms with Crippen molar-refractivity contribution in [3.8, 4) is 34.3 Å². The normalized spacial score (nSPS) is 12.3. The van der Waals surface area contributed by atoms with Gasteiger partial charge in [0.15, 0.2) is 0 Å². The van der Waals surface area contributed by atoms with E-state index in [0.717, 1.165) is 23.2 Å². The van der Waals surface area contributed by atoms with E-state index < -0.39 is 30.0 Å². The lowest BCUT2D eigenvalue weighted by Gasteiger charge is -2.13. The first-order chi connectivity index (χ1) is 18.6. The number of nitrogens with one attached hydrogen (secondary N) is 2. The zero-order valence-corrected chi connectivity index (χ0v) is 21.4. The van der Waals surface area contributed by atoms with E-state index in [4.69, 9.17) is 4.74 Å². The van der Waals surface area contributed by atoms with Gasteiger partial charge < -0.3 is 14.7 Å². The van der Waals surface area contributed by atoms with Crippen LogP contribution in [0, 0.1) is 0 Å². The number of hydrogen-bond acceptors (Lipinski definition) is 7. The third kappa shape index (κ3) is 4.75. The average molecular weight is 563 g/mol. The first-order valence-electron chi connectivity index (χ1n) is 11.4. The molecule has 0 amide bonds. The van der Waals surface area contributed by atoms with Gasteiger partial charge in [0.05, 0.1) is 22.1 Å². The predicted octanol–water partition coefficient (Wildman–Crippen LogP) is 5.06. The molecule has 2 aromatic heterocycles. The second-order valence-corrected chi connectivity index (χ2v) is 11.4. The highest BCUT2D eigenvalue weighted by Gasteiger charge is 2.24. The molecule has 4 N–H and O–H groups in total. The molecule has 0 radical (unpaired) electrons. The Morgan fingerprint density at radius 1 is 0.590 bits per heavy atom. The molecule has 0 aliphatic heterocycles. The van der Waals surface area contributed by atoms with Crippen molar-refractivity contribution < 1.29 is 30.7 Å². The fourth-order valence-corrected chi connectivity index (χ4v) is 5.46. The van der Waals surface area contributed by atoms with Crippen molar-refractivity contribution in [2.75, 3.05) is 0 Å². The van der Waals surface area contributed by atoms with Gasteiger partial charge in [0, 0.05) is 11.1 Å². The Morgan fingerprint density at radius 2 is 1.00 bits per heavy atom. The van der Waals surface area contributed by atoms with Gasteiger partial charge in [-0.25, -0.2) is 9.97 Å². The number of rotatable bonds is 6. The average Bonchev–Trinajstić information content (AvgIpc) is 3.52. The minimum absolute atomic E-state index is 0.335. The molecule has 0 atom stereocenters. The third-order valence-corrected chi connectivity index (χ3v) is 7.74. The van der Waals surface area contributed by atoms with E-state index in [2.05, 4.69) is 19.9 Å². The van der Waals surface area contributed by atoms with Crippen LogP contribution in [0.1, 0.15) is 0 Å². The quantitative estimate of drug-likeness (QED) is 0.202. The SMILES string of the molecule is O=S(=O)(O)c1cc(-c2nc3ccccc3[nH]2)ccc1Oc1ccc(-c2nc3ccccc3[nH]2)cc1S(=O)(=O)O. The number of H-pyrrole nitrogens is 2. The van der Waals surface area contributed by atoms with Gasteiger partial charge in [-0.3, -0.25) is 9.11 Å². The molecule has 2 heterocycles. The smallest absolute Gasteiger partial charge is 0.298 e. The minimum atomic E-state index is -4.82. The summed E-state index contributed by atoms with van der Waals surface area (Å²) in [4.78, 5) is 13.7. The lowest BCUT2D eigenvalue weighted by atomic mass is 10.2. The number of benzene rings is 4. The standard InChI is InChI=1S/C26H18N4O7S2/c31-38(32,33)23-13-15(25-27-17-5-1-2-6-18(17)28-25)9-11-21(23)37-22-12-10-16(14-24(22)39(34,35)36)26-29-19-7-3-4-8-20(19)30-26/h1-14H,(H,27,28)(H,29,30)(H,31,32,33)(H,34,35,36). The zero-order valence-electron chi connectivity index (χ0n) is 19.7. The summed E-state index contributed by atoms with van der Waals surface area (Å²) in [5, 5.41) is 0. The largest absolute Gasteiger partial charge is 0.454 e. The van der Waals surface area contributed by atoms with E-state index >= 15 is 0 Å². The zero-order chi connectivity index (χ0) is 27.4. The van der Waals surface area contributed by atoms with Gasteiger partial charge >= 0.3 is 0 Å². The van der Waals surface area contributed by atoms with Crippen LogP contribution in [0.25, 0.3) is 44.8 Å². The van der Waals surface area contributed by atoms with Gasteiger partial charge in [-0.1, -0.05) is 24.3 Å². The molecule has 4 aromatic carbocycles. The molecule has 0 aliphatic rings. The van der Waals surface area contributed by atoms with Crippen molar-refractivity contribution in [1.82, 2.24) is 19.9 Å². The molecule has 0 spiro atoms. The maximum atomic E-state index is 12.3. The molecule has 0 saturated heterocycles. The number of aromatic amines is 2. The molecule has 0 bridgehead atoms. The highest BCUT2D eigenvalue weighted by molar-refractivity contribution is 7.86. The van der Waals surface area contributed by atoms with Crippen LogP contribution < -0.4 is 4.74 Å². The Labute approximate surface area is 221 Å². The van der Waals surface area contributed by atoms with Gasteiger partial charge in [0.1, 0.15) is 32.9 Å². The van der Waals surface area contributed by atoms with Crippen LogP contribution in [0.15, 0.2) is 94.7 Å². The van der Waals surface area contributed by atoms with Crippen molar-refractivity contribution in [3.05, 3.63) is 84.9 Å². The fraction of sp³-hybridized carbons (Fsp3) is 0. The molecule has 6 rings (SSSR count). The minimum Gasteiger partial charge on any atom is -0.454 e. The summed E-state index contributed by atoms with van der Waals surface area (Å²) in [6.45, 7) is 0. The molecular formula is C26H18N4O7S2. The number of hydrogen-bond donors (Lipinski definition) is 4. The second kappa shape index (κ2) is 9.03. The summed E-state index contributed by atoms with van der Waals surface area (Å²) in [5.74, 6) is -0.0274. The summed E-state index contributed by atoms with van der Waals surface area (Å²) >= 11 is 0.